The Morgan fingerprint density at radius 1 is 1.24 bits per heavy atom. The number of rotatable bonds is 15. The first-order valence-corrected chi connectivity index (χ1v) is 11.5. The lowest BCUT2D eigenvalue weighted by Gasteiger charge is -2.24. The number of hydrogen-bond acceptors (Lipinski definition) is 7. The van der Waals surface area contributed by atoms with Gasteiger partial charge in [0.1, 0.15) is 5.78 Å². The zero-order valence-electron chi connectivity index (χ0n) is 20.0. The third kappa shape index (κ3) is 10.8. The first-order chi connectivity index (χ1) is 16.0. The van der Waals surface area contributed by atoms with Gasteiger partial charge in [0, 0.05) is 24.8 Å². The number of Topliss-reactive ketones (excluding diaryl/α,β-unsaturated/α-hetero) is 1. The van der Waals surface area contributed by atoms with Gasteiger partial charge in [-0.1, -0.05) is 56.5 Å². The summed E-state index contributed by atoms with van der Waals surface area (Å²) < 4.78 is 0. The lowest BCUT2D eigenvalue weighted by Crippen LogP contribution is -2.49. The molecule has 0 aliphatic rings. The van der Waals surface area contributed by atoms with E-state index >= 15 is 0 Å². The molecule has 1 rings (SSSR count). The summed E-state index contributed by atoms with van der Waals surface area (Å²) in [5.41, 5.74) is 8.03. The summed E-state index contributed by atoms with van der Waals surface area (Å²) in [6.45, 7) is 5.83. The van der Waals surface area contributed by atoms with E-state index in [2.05, 4.69) is 10.3 Å². The van der Waals surface area contributed by atoms with Gasteiger partial charge in [-0.3, -0.25) is 9.59 Å². The highest BCUT2D eigenvalue weighted by Gasteiger charge is 2.31. The van der Waals surface area contributed by atoms with Crippen LogP contribution in [0.25, 0.3) is 0 Å². The Kier molecular flexibility index (Phi) is 12.8. The third-order valence-corrected chi connectivity index (χ3v) is 5.43. The summed E-state index contributed by atoms with van der Waals surface area (Å²) in [5, 5.41) is 31.6. The van der Waals surface area contributed by atoms with E-state index in [0.29, 0.717) is 19.3 Å². The van der Waals surface area contributed by atoms with Gasteiger partial charge >= 0.3 is 7.12 Å². The molecule has 1 aromatic rings. The number of aliphatic imine (C=N–C) groups is 1. The predicted molar refractivity (Wildman–Crippen MR) is 130 cm³/mol. The number of hydrazine groups is 1. The average Bonchev–Trinajstić information content (AvgIpc) is 2.75. The molecule has 0 fully saturated rings. The van der Waals surface area contributed by atoms with E-state index in [1.807, 2.05) is 51.1 Å². The van der Waals surface area contributed by atoms with Crippen molar-refractivity contribution in [2.45, 2.75) is 64.7 Å². The van der Waals surface area contributed by atoms with Crippen LogP contribution in [0.1, 0.15) is 64.4 Å². The molecular weight excluding hydrogens is 441 g/mol. The molecule has 0 aliphatic heterocycles. The Hall–Kier alpha value is -2.99. The molecule has 0 saturated carbocycles. The van der Waals surface area contributed by atoms with E-state index in [0.717, 1.165) is 5.56 Å². The summed E-state index contributed by atoms with van der Waals surface area (Å²) >= 11 is 0. The second-order valence-electron chi connectivity index (χ2n) is 8.68. The number of nitrogens with one attached hydrogen (secondary N) is 2. The Balaban J connectivity index is 2.95. The van der Waals surface area contributed by atoms with Crippen molar-refractivity contribution in [1.82, 2.24) is 10.7 Å². The second kappa shape index (κ2) is 15.0. The molecule has 1 amide bonds. The number of nitrogens with zero attached hydrogens (tertiary/aromatic N) is 2. The van der Waals surface area contributed by atoms with Crippen molar-refractivity contribution in [1.29, 1.82) is 0 Å². The number of guanidine groups is 1. The first-order valence-electron chi connectivity index (χ1n) is 11.5. The number of carbonyl (C=O) groups excluding carboxylic acids is 2. The van der Waals surface area contributed by atoms with Gasteiger partial charge in [-0.15, -0.1) is 0 Å². The Morgan fingerprint density at radius 2 is 1.88 bits per heavy atom. The van der Waals surface area contributed by atoms with Crippen LogP contribution in [-0.4, -0.2) is 52.3 Å². The van der Waals surface area contributed by atoms with Crippen LogP contribution in [0.4, 0.5) is 0 Å². The molecule has 11 nitrogen and oxygen atoms in total. The number of carbonyl (C=O) groups is 2. The fourth-order valence-electron chi connectivity index (χ4n) is 3.78. The van der Waals surface area contributed by atoms with Crippen LogP contribution in [0, 0.1) is 22.0 Å². The minimum absolute atomic E-state index is 0.0263. The van der Waals surface area contributed by atoms with Gasteiger partial charge in [-0.05, 0) is 37.2 Å². The number of hydrogen-bond donors (Lipinski definition) is 5. The molecule has 34 heavy (non-hydrogen) atoms. The fourth-order valence-corrected chi connectivity index (χ4v) is 3.78. The number of nitrogens with two attached hydrogens (primary N) is 1. The molecule has 0 heterocycles. The summed E-state index contributed by atoms with van der Waals surface area (Å²) in [6.07, 6.45) is 1.54. The monoisotopic (exact) mass is 477 g/mol. The van der Waals surface area contributed by atoms with E-state index in [1.54, 1.807) is 5.43 Å². The smallest absolute Gasteiger partial charge is 0.426 e. The normalized spacial score (nSPS) is 14.2. The Labute approximate surface area is 200 Å². The van der Waals surface area contributed by atoms with Crippen molar-refractivity contribution in [3.8, 4) is 0 Å². The molecule has 0 radical (unpaired) electrons. The van der Waals surface area contributed by atoms with Crippen molar-refractivity contribution in [3.05, 3.63) is 46.0 Å². The molecule has 1 aromatic carbocycles. The maximum absolute atomic E-state index is 13.1. The molecule has 0 aromatic heterocycles. The van der Waals surface area contributed by atoms with E-state index in [9.17, 15) is 29.8 Å². The zero-order chi connectivity index (χ0) is 25.7. The molecule has 6 N–H and O–H groups in total. The second-order valence-corrected chi connectivity index (χ2v) is 8.68. The van der Waals surface area contributed by atoms with E-state index in [1.165, 1.54) is 0 Å². The summed E-state index contributed by atoms with van der Waals surface area (Å²) in [4.78, 5) is 40.4. The SMILES string of the molecule is CC[C@@H](C(=O)C[C@@H](CCCN=C(N)N[N+](=O)[O-])C(=O)N[C@@H](CC(C)C)B(O)O)c1ccccc1. The first kappa shape index (κ1) is 29.0. The standard InChI is InChI=1S/C22H36BN5O6/c1-4-18(16-9-6-5-7-10-16)19(29)14-17(11-8-12-25-22(24)27-28(33)34)21(30)26-20(23(31)32)13-15(2)3/h5-7,9-10,15,17-18,20,31-32H,4,8,11-14H2,1-3H3,(H,26,30)(H3,24,25,27)/t17-,18-,20+/m1/s1. The molecular formula is C22H36BN5O6. The van der Waals surface area contributed by atoms with Crippen molar-refractivity contribution in [3.63, 3.8) is 0 Å². The Morgan fingerprint density at radius 3 is 2.41 bits per heavy atom. The molecule has 188 valence electrons. The topological polar surface area (TPSA) is 180 Å². The zero-order valence-corrected chi connectivity index (χ0v) is 20.0. The van der Waals surface area contributed by atoms with Gasteiger partial charge in [0.15, 0.2) is 5.03 Å². The highest BCUT2D eigenvalue weighted by Crippen LogP contribution is 2.25. The predicted octanol–water partition coefficient (Wildman–Crippen LogP) is 1.17. The van der Waals surface area contributed by atoms with Crippen LogP contribution in [-0.2, 0) is 9.59 Å². The molecule has 0 aliphatic carbocycles. The van der Waals surface area contributed by atoms with Crippen LogP contribution in [0.3, 0.4) is 0 Å². The van der Waals surface area contributed by atoms with Crippen LogP contribution < -0.4 is 16.5 Å². The molecule has 0 spiro atoms. The fraction of sp³-hybridized carbons (Fsp3) is 0.591. The van der Waals surface area contributed by atoms with Crippen LogP contribution >= 0.6 is 0 Å². The maximum atomic E-state index is 13.1. The quantitative estimate of drug-likeness (QED) is 0.0623. The maximum Gasteiger partial charge on any atom is 0.475 e. The highest BCUT2D eigenvalue weighted by atomic mass is 16.7. The molecule has 0 saturated heterocycles. The molecule has 12 heteroatoms. The van der Waals surface area contributed by atoms with E-state index in [4.69, 9.17) is 5.73 Å². The van der Waals surface area contributed by atoms with Crippen LogP contribution in [0.15, 0.2) is 35.3 Å². The van der Waals surface area contributed by atoms with E-state index < -0.39 is 29.9 Å². The Bertz CT molecular complexity index is 821. The largest absolute Gasteiger partial charge is 0.475 e. The van der Waals surface area contributed by atoms with Crippen molar-refractivity contribution in [2.24, 2.45) is 22.6 Å². The summed E-state index contributed by atoms with van der Waals surface area (Å²) in [6, 6.07) is 9.33. The van der Waals surface area contributed by atoms with E-state index in [-0.39, 0.29) is 43.0 Å². The summed E-state index contributed by atoms with van der Waals surface area (Å²) in [7, 11) is -1.73. The van der Waals surface area contributed by atoms with Gasteiger partial charge in [0.2, 0.25) is 5.91 Å². The number of ketones is 1. The molecule has 0 bridgehead atoms. The van der Waals surface area contributed by atoms with Crippen molar-refractivity contribution < 1.29 is 24.7 Å². The minimum Gasteiger partial charge on any atom is -0.426 e. The van der Waals surface area contributed by atoms with Crippen molar-refractivity contribution in [2.75, 3.05) is 6.54 Å². The summed E-state index contributed by atoms with van der Waals surface area (Å²) in [5.74, 6) is -2.71. The molecule has 0 unspecified atom stereocenters. The van der Waals surface area contributed by atoms with Gasteiger partial charge in [-0.2, -0.15) is 0 Å². The third-order valence-electron chi connectivity index (χ3n) is 5.43. The molecule has 3 atom stereocenters. The van der Waals surface area contributed by atoms with Crippen molar-refractivity contribution >= 4 is 24.8 Å². The number of benzene rings is 1. The lowest BCUT2D eigenvalue weighted by atomic mass is 9.74. The van der Waals surface area contributed by atoms with Gasteiger partial charge < -0.3 is 21.1 Å². The van der Waals surface area contributed by atoms with Gasteiger partial charge in [-0.25, -0.2) is 15.1 Å². The van der Waals surface area contributed by atoms with Crippen LogP contribution in [0.5, 0.6) is 0 Å². The average molecular weight is 477 g/mol. The van der Waals surface area contributed by atoms with Crippen LogP contribution in [0.2, 0.25) is 0 Å². The van der Waals surface area contributed by atoms with Gasteiger partial charge in [0.25, 0.3) is 5.96 Å². The van der Waals surface area contributed by atoms with Gasteiger partial charge in [0.05, 0.1) is 5.94 Å². The number of amides is 1. The highest BCUT2D eigenvalue weighted by molar-refractivity contribution is 6.43. The number of nitro groups is 1. The minimum atomic E-state index is -1.73. The lowest BCUT2D eigenvalue weighted by molar-refractivity contribution is -0.525.